The molecular formula is C13H16O. The van der Waals surface area contributed by atoms with Gasteiger partial charge in [-0.05, 0) is 31.7 Å². The molecule has 74 valence electrons. The van der Waals surface area contributed by atoms with E-state index in [1.165, 1.54) is 37.7 Å². The largest absolute Gasteiger partial charge is 0.507 e. The Kier molecular flexibility index (Phi) is 2.87. The van der Waals surface area contributed by atoms with Crippen LogP contribution in [0, 0.1) is 0 Å². The minimum atomic E-state index is 0.394. The summed E-state index contributed by atoms with van der Waals surface area (Å²) in [6.07, 6.45) is 8.52. The molecule has 1 fully saturated rings. The van der Waals surface area contributed by atoms with E-state index in [0.29, 0.717) is 5.75 Å². The Morgan fingerprint density at radius 3 is 2.43 bits per heavy atom. The van der Waals surface area contributed by atoms with Crippen LogP contribution in [0.25, 0.3) is 6.08 Å². The Bertz CT molecular complexity index is 331. The number of para-hydroxylation sites is 1. The lowest BCUT2D eigenvalue weighted by molar-refractivity contribution is 0.474. The lowest BCUT2D eigenvalue weighted by Gasteiger charge is -2.13. The van der Waals surface area contributed by atoms with Gasteiger partial charge in [0.1, 0.15) is 5.75 Å². The van der Waals surface area contributed by atoms with Gasteiger partial charge in [-0.2, -0.15) is 0 Å². The molecule has 2 rings (SSSR count). The Labute approximate surface area is 85.1 Å². The van der Waals surface area contributed by atoms with E-state index in [9.17, 15) is 5.11 Å². The Balaban J connectivity index is 2.19. The molecule has 1 N–H and O–H groups in total. The van der Waals surface area contributed by atoms with E-state index in [-0.39, 0.29) is 0 Å². The molecule has 0 saturated heterocycles. The fraction of sp³-hybridized carbons (Fsp3) is 0.385. The average Bonchev–Trinajstić information content (AvgIpc) is 2.23. The zero-order valence-corrected chi connectivity index (χ0v) is 8.37. The van der Waals surface area contributed by atoms with Crippen LogP contribution in [0.2, 0.25) is 0 Å². The van der Waals surface area contributed by atoms with Crippen LogP contribution in [0.5, 0.6) is 5.75 Å². The van der Waals surface area contributed by atoms with Gasteiger partial charge in [-0.15, -0.1) is 0 Å². The van der Waals surface area contributed by atoms with Gasteiger partial charge in [0, 0.05) is 5.56 Å². The number of benzene rings is 1. The van der Waals surface area contributed by atoms with Crippen LogP contribution in [0.1, 0.15) is 37.7 Å². The monoisotopic (exact) mass is 188 g/mol. The first-order valence-electron chi connectivity index (χ1n) is 5.34. The SMILES string of the molecule is Oc1ccccc1C=C1CCCCC1. The zero-order valence-electron chi connectivity index (χ0n) is 8.37. The Morgan fingerprint density at radius 2 is 1.71 bits per heavy atom. The summed E-state index contributed by atoms with van der Waals surface area (Å²) < 4.78 is 0. The van der Waals surface area contributed by atoms with E-state index in [2.05, 4.69) is 6.08 Å². The first kappa shape index (κ1) is 9.32. The van der Waals surface area contributed by atoms with Gasteiger partial charge >= 0.3 is 0 Å². The predicted molar refractivity (Wildman–Crippen MR) is 59.2 cm³/mol. The van der Waals surface area contributed by atoms with Crippen LogP contribution in [0.15, 0.2) is 29.8 Å². The van der Waals surface area contributed by atoms with Crippen molar-refractivity contribution in [2.75, 3.05) is 0 Å². The molecule has 0 aromatic heterocycles. The van der Waals surface area contributed by atoms with E-state index in [1.54, 1.807) is 6.07 Å². The van der Waals surface area contributed by atoms with Crippen LogP contribution in [0.3, 0.4) is 0 Å². The molecule has 0 aliphatic heterocycles. The molecule has 0 spiro atoms. The lowest BCUT2D eigenvalue weighted by atomic mass is 9.93. The second-order valence-corrected chi connectivity index (χ2v) is 3.92. The highest BCUT2D eigenvalue weighted by atomic mass is 16.3. The van der Waals surface area contributed by atoms with Crippen LogP contribution >= 0.6 is 0 Å². The van der Waals surface area contributed by atoms with Crippen molar-refractivity contribution in [3.63, 3.8) is 0 Å². The van der Waals surface area contributed by atoms with Gasteiger partial charge in [-0.1, -0.05) is 36.3 Å². The highest BCUT2D eigenvalue weighted by Gasteiger charge is 2.05. The zero-order chi connectivity index (χ0) is 9.80. The summed E-state index contributed by atoms with van der Waals surface area (Å²) in [4.78, 5) is 0. The smallest absolute Gasteiger partial charge is 0.122 e. The van der Waals surface area contributed by atoms with Crippen LogP contribution in [-0.4, -0.2) is 5.11 Å². The van der Waals surface area contributed by atoms with E-state index in [0.717, 1.165) is 5.56 Å². The summed E-state index contributed by atoms with van der Waals surface area (Å²) in [5, 5.41) is 9.60. The van der Waals surface area contributed by atoms with Crippen molar-refractivity contribution in [3.05, 3.63) is 35.4 Å². The Hall–Kier alpha value is -1.24. The van der Waals surface area contributed by atoms with Crippen LogP contribution < -0.4 is 0 Å². The molecule has 0 heterocycles. The summed E-state index contributed by atoms with van der Waals surface area (Å²) in [5.41, 5.74) is 2.45. The maximum Gasteiger partial charge on any atom is 0.122 e. The van der Waals surface area contributed by atoms with Crippen LogP contribution in [-0.2, 0) is 0 Å². The summed E-state index contributed by atoms with van der Waals surface area (Å²) in [5.74, 6) is 0.394. The first-order valence-corrected chi connectivity index (χ1v) is 5.34. The maximum atomic E-state index is 9.60. The number of phenolic OH excluding ortho intramolecular Hbond substituents is 1. The van der Waals surface area contributed by atoms with E-state index < -0.39 is 0 Å². The minimum absolute atomic E-state index is 0.394. The van der Waals surface area contributed by atoms with Crippen molar-refractivity contribution in [3.8, 4) is 5.75 Å². The van der Waals surface area contributed by atoms with Gasteiger partial charge in [0.15, 0.2) is 0 Å². The Morgan fingerprint density at radius 1 is 1.00 bits per heavy atom. The topological polar surface area (TPSA) is 20.2 Å². The quantitative estimate of drug-likeness (QED) is 0.711. The van der Waals surface area contributed by atoms with Crippen molar-refractivity contribution in [1.82, 2.24) is 0 Å². The number of hydrogen-bond acceptors (Lipinski definition) is 1. The van der Waals surface area contributed by atoms with Crippen molar-refractivity contribution < 1.29 is 5.11 Å². The lowest BCUT2D eigenvalue weighted by Crippen LogP contribution is -1.93. The van der Waals surface area contributed by atoms with Crippen molar-refractivity contribution in [2.24, 2.45) is 0 Å². The minimum Gasteiger partial charge on any atom is -0.507 e. The molecular weight excluding hydrogens is 172 g/mol. The summed E-state index contributed by atoms with van der Waals surface area (Å²) >= 11 is 0. The average molecular weight is 188 g/mol. The summed E-state index contributed by atoms with van der Waals surface area (Å²) in [7, 11) is 0. The number of aromatic hydroxyl groups is 1. The van der Waals surface area contributed by atoms with Gasteiger partial charge in [0.05, 0.1) is 0 Å². The van der Waals surface area contributed by atoms with Gasteiger partial charge in [0.2, 0.25) is 0 Å². The first-order chi connectivity index (χ1) is 6.86. The molecule has 1 aliphatic rings. The molecule has 0 amide bonds. The van der Waals surface area contributed by atoms with Gasteiger partial charge in [-0.25, -0.2) is 0 Å². The van der Waals surface area contributed by atoms with Crippen molar-refractivity contribution in [2.45, 2.75) is 32.1 Å². The third-order valence-electron chi connectivity index (χ3n) is 2.79. The van der Waals surface area contributed by atoms with Crippen molar-refractivity contribution in [1.29, 1.82) is 0 Å². The summed E-state index contributed by atoms with van der Waals surface area (Å²) in [6.45, 7) is 0. The predicted octanol–water partition coefficient (Wildman–Crippen LogP) is 3.74. The molecule has 0 unspecified atom stereocenters. The number of rotatable bonds is 1. The normalized spacial score (nSPS) is 16.7. The highest BCUT2D eigenvalue weighted by Crippen LogP contribution is 2.27. The van der Waals surface area contributed by atoms with Gasteiger partial charge < -0.3 is 5.11 Å². The molecule has 1 aliphatic carbocycles. The molecule has 0 atom stereocenters. The molecule has 1 aromatic carbocycles. The highest BCUT2D eigenvalue weighted by molar-refractivity contribution is 5.59. The summed E-state index contributed by atoms with van der Waals surface area (Å²) in [6, 6.07) is 7.54. The fourth-order valence-corrected chi connectivity index (χ4v) is 1.98. The van der Waals surface area contributed by atoms with Crippen molar-refractivity contribution >= 4 is 6.08 Å². The molecule has 1 nitrogen and oxygen atoms in total. The molecule has 0 bridgehead atoms. The number of allylic oxidation sites excluding steroid dienone is 1. The van der Waals surface area contributed by atoms with E-state index >= 15 is 0 Å². The number of phenols is 1. The van der Waals surface area contributed by atoms with E-state index in [4.69, 9.17) is 0 Å². The third kappa shape index (κ3) is 2.16. The van der Waals surface area contributed by atoms with E-state index in [1.807, 2.05) is 18.2 Å². The second-order valence-electron chi connectivity index (χ2n) is 3.92. The third-order valence-corrected chi connectivity index (χ3v) is 2.79. The molecule has 1 heteroatoms. The molecule has 1 aromatic rings. The second kappa shape index (κ2) is 4.32. The van der Waals surface area contributed by atoms with Gasteiger partial charge in [-0.3, -0.25) is 0 Å². The fourth-order valence-electron chi connectivity index (χ4n) is 1.98. The standard InChI is InChI=1S/C13H16O/c14-13-9-5-4-8-12(13)10-11-6-2-1-3-7-11/h4-5,8-10,14H,1-3,6-7H2. The maximum absolute atomic E-state index is 9.60. The number of hydrogen-bond donors (Lipinski definition) is 1. The molecule has 1 saturated carbocycles. The molecule has 0 radical (unpaired) electrons. The van der Waals surface area contributed by atoms with Crippen LogP contribution in [0.4, 0.5) is 0 Å². The van der Waals surface area contributed by atoms with Gasteiger partial charge in [0.25, 0.3) is 0 Å². The molecule has 14 heavy (non-hydrogen) atoms.